The third-order valence-corrected chi connectivity index (χ3v) is 2.95. The summed E-state index contributed by atoms with van der Waals surface area (Å²) in [4.78, 5) is 14.4. The van der Waals surface area contributed by atoms with Gasteiger partial charge in [0.2, 0.25) is 0 Å². The number of nitrogens with two attached hydrogens (primary N) is 1. The standard InChI is InChI=1S/C14H20N2O3S/c1-9(2)8-16(7-6-12(15)20)14(19)10-4-3-5-11(17)13(10)18/h3-5,9,17-18H,6-8H2,1-2H3,(H2,15,20). The minimum atomic E-state index is -0.401. The third-order valence-electron chi connectivity index (χ3n) is 2.75. The molecule has 1 aromatic rings. The minimum absolute atomic E-state index is 0.0774. The van der Waals surface area contributed by atoms with E-state index in [1.807, 2.05) is 13.8 Å². The molecular formula is C14H20N2O3S. The molecule has 0 bridgehead atoms. The molecule has 0 aliphatic carbocycles. The molecule has 0 aromatic heterocycles. The highest BCUT2D eigenvalue weighted by molar-refractivity contribution is 7.80. The zero-order valence-electron chi connectivity index (χ0n) is 11.7. The summed E-state index contributed by atoms with van der Waals surface area (Å²) in [7, 11) is 0. The average Bonchev–Trinajstić information content (AvgIpc) is 2.36. The second kappa shape index (κ2) is 7.09. The van der Waals surface area contributed by atoms with E-state index in [4.69, 9.17) is 18.0 Å². The van der Waals surface area contributed by atoms with Crippen molar-refractivity contribution < 1.29 is 15.0 Å². The van der Waals surface area contributed by atoms with E-state index in [2.05, 4.69) is 0 Å². The molecule has 110 valence electrons. The van der Waals surface area contributed by atoms with Crippen LogP contribution in [0.3, 0.4) is 0 Å². The van der Waals surface area contributed by atoms with E-state index in [1.165, 1.54) is 18.2 Å². The minimum Gasteiger partial charge on any atom is -0.504 e. The average molecular weight is 296 g/mol. The molecule has 0 spiro atoms. The van der Waals surface area contributed by atoms with Crippen molar-refractivity contribution in [2.75, 3.05) is 13.1 Å². The lowest BCUT2D eigenvalue weighted by atomic mass is 10.1. The summed E-state index contributed by atoms with van der Waals surface area (Å²) in [6, 6.07) is 4.32. The van der Waals surface area contributed by atoms with Crippen LogP contribution in [0.25, 0.3) is 0 Å². The van der Waals surface area contributed by atoms with E-state index in [9.17, 15) is 15.0 Å². The third kappa shape index (κ3) is 4.38. The van der Waals surface area contributed by atoms with Crippen LogP contribution in [0.1, 0.15) is 30.6 Å². The normalized spacial score (nSPS) is 10.6. The predicted octanol–water partition coefficient (Wildman–Crippen LogP) is 1.87. The van der Waals surface area contributed by atoms with Crippen molar-refractivity contribution in [3.05, 3.63) is 23.8 Å². The molecule has 0 aliphatic heterocycles. The van der Waals surface area contributed by atoms with E-state index in [0.717, 1.165) is 0 Å². The maximum absolute atomic E-state index is 12.4. The number of para-hydroxylation sites is 1. The topological polar surface area (TPSA) is 86.8 Å². The molecule has 0 saturated carbocycles. The molecule has 1 amide bonds. The number of carbonyl (C=O) groups excluding carboxylic acids is 1. The van der Waals surface area contributed by atoms with Crippen molar-refractivity contribution >= 4 is 23.1 Å². The Morgan fingerprint density at radius 1 is 1.40 bits per heavy atom. The largest absolute Gasteiger partial charge is 0.504 e. The van der Waals surface area contributed by atoms with Gasteiger partial charge in [0, 0.05) is 19.5 Å². The number of carbonyl (C=O) groups is 1. The zero-order chi connectivity index (χ0) is 15.3. The van der Waals surface area contributed by atoms with Crippen LogP contribution in [0, 0.1) is 5.92 Å². The van der Waals surface area contributed by atoms with Crippen LogP contribution in [-0.2, 0) is 0 Å². The Hall–Kier alpha value is -1.82. The van der Waals surface area contributed by atoms with Crippen molar-refractivity contribution in [3.8, 4) is 11.5 Å². The molecule has 0 aliphatic rings. The molecular weight excluding hydrogens is 276 g/mol. The van der Waals surface area contributed by atoms with Gasteiger partial charge in [-0.25, -0.2) is 0 Å². The maximum Gasteiger partial charge on any atom is 0.257 e. The van der Waals surface area contributed by atoms with Crippen molar-refractivity contribution in [2.45, 2.75) is 20.3 Å². The molecule has 1 rings (SSSR count). The fourth-order valence-corrected chi connectivity index (χ4v) is 1.93. The van der Waals surface area contributed by atoms with Gasteiger partial charge < -0.3 is 20.8 Å². The Kier molecular flexibility index (Phi) is 5.76. The number of benzene rings is 1. The summed E-state index contributed by atoms with van der Waals surface area (Å²) in [5.41, 5.74) is 5.55. The first kappa shape index (κ1) is 16.2. The van der Waals surface area contributed by atoms with Crippen molar-refractivity contribution in [2.24, 2.45) is 11.7 Å². The molecule has 0 radical (unpaired) electrons. The van der Waals surface area contributed by atoms with Crippen molar-refractivity contribution in [3.63, 3.8) is 0 Å². The molecule has 0 saturated heterocycles. The number of phenolic OH excluding ortho intramolecular Hbond substituents is 2. The first-order chi connectivity index (χ1) is 9.32. The van der Waals surface area contributed by atoms with E-state index in [-0.39, 0.29) is 23.1 Å². The number of thiocarbonyl (C=S) groups is 1. The molecule has 1 aromatic carbocycles. The van der Waals surface area contributed by atoms with Crippen LogP contribution >= 0.6 is 12.2 Å². The Morgan fingerprint density at radius 3 is 2.60 bits per heavy atom. The van der Waals surface area contributed by atoms with Crippen molar-refractivity contribution in [1.29, 1.82) is 0 Å². The van der Waals surface area contributed by atoms with Gasteiger partial charge in [-0.3, -0.25) is 4.79 Å². The lowest BCUT2D eigenvalue weighted by Crippen LogP contribution is -2.36. The molecule has 20 heavy (non-hydrogen) atoms. The van der Waals surface area contributed by atoms with Crippen LogP contribution in [0.15, 0.2) is 18.2 Å². The lowest BCUT2D eigenvalue weighted by Gasteiger charge is -2.25. The SMILES string of the molecule is CC(C)CN(CCC(N)=S)C(=O)c1cccc(O)c1O. The number of rotatable bonds is 6. The van der Waals surface area contributed by atoms with Gasteiger partial charge in [-0.1, -0.05) is 32.1 Å². The summed E-state index contributed by atoms with van der Waals surface area (Å²) in [5, 5.41) is 19.2. The summed E-state index contributed by atoms with van der Waals surface area (Å²) in [5.74, 6) is -0.788. The van der Waals surface area contributed by atoms with Gasteiger partial charge in [-0.2, -0.15) is 0 Å². The summed E-state index contributed by atoms with van der Waals surface area (Å²) in [6.07, 6.45) is 0.424. The highest BCUT2D eigenvalue weighted by Gasteiger charge is 2.21. The van der Waals surface area contributed by atoms with Gasteiger partial charge in [0.25, 0.3) is 5.91 Å². The van der Waals surface area contributed by atoms with Gasteiger partial charge in [0.1, 0.15) is 0 Å². The molecule has 6 heteroatoms. The van der Waals surface area contributed by atoms with Gasteiger partial charge in [-0.15, -0.1) is 0 Å². The summed E-state index contributed by atoms with van der Waals surface area (Å²) < 4.78 is 0. The Morgan fingerprint density at radius 2 is 2.05 bits per heavy atom. The van der Waals surface area contributed by atoms with E-state index < -0.39 is 5.75 Å². The van der Waals surface area contributed by atoms with Gasteiger partial charge in [-0.05, 0) is 18.1 Å². The highest BCUT2D eigenvalue weighted by Crippen LogP contribution is 2.29. The quantitative estimate of drug-likeness (QED) is 0.551. The summed E-state index contributed by atoms with van der Waals surface area (Å²) >= 11 is 4.83. The first-order valence-corrected chi connectivity index (χ1v) is 6.82. The van der Waals surface area contributed by atoms with E-state index in [1.54, 1.807) is 4.90 Å². The van der Waals surface area contributed by atoms with E-state index >= 15 is 0 Å². The first-order valence-electron chi connectivity index (χ1n) is 6.41. The second-order valence-electron chi connectivity index (χ2n) is 5.03. The fourth-order valence-electron chi connectivity index (χ4n) is 1.84. The lowest BCUT2D eigenvalue weighted by molar-refractivity contribution is 0.0737. The maximum atomic E-state index is 12.4. The summed E-state index contributed by atoms with van der Waals surface area (Å²) in [6.45, 7) is 4.89. The molecule has 0 atom stereocenters. The molecule has 0 fully saturated rings. The van der Waals surface area contributed by atoms with Crippen LogP contribution in [0.2, 0.25) is 0 Å². The number of phenols is 2. The van der Waals surface area contributed by atoms with Crippen LogP contribution in [0.4, 0.5) is 0 Å². The van der Waals surface area contributed by atoms with Crippen LogP contribution in [-0.4, -0.2) is 39.1 Å². The van der Waals surface area contributed by atoms with Gasteiger partial charge in [0.15, 0.2) is 11.5 Å². The smallest absolute Gasteiger partial charge is 0.257 e. The Balaban J connectivity index is 2.96. The van der Waals surface area contributed by atoms with Gasteiger partial charge in [0.05, 0.1) is 10.6 Å². The molecule has 4 N–H and O–H groups in total. The Labute approximate surface area is 124 Å². The number of hydrogen-bond acceptors (Lipinski definition) is 4. The Bertz CT molecular complexity index is 503. The molecule has 5 nitrogen and oxygen atoms in total. The van der Waals surface area contributed by atoms with Crippen LogP contribution < -0.4 is 5.73 Å². The molecule has 0 unspecified atom stereocenters. The fraction of sp³-hybridized carbons (Fsp3) is 0.429. The van der Waals surface area contributed by atoms with E-state index in [0.29, 0.717) is 24.5 Å². The number of aromatic hydroxyl groups is 2. The highest BCUT2D eigenvalue weighted by atomic mass is 32.1. The van der Waals surface area contributed by atoms with Crippen molar-refractivity contribution in [1.82, 2.24) is 4.90 Å². The predicted molar refractivity (Wildman–Crippen MR) is 81.9 cm³/mol. The molecule has 0 heterocycles. The number of hydrogen-bond donors (Lipinski definition) is 3. The number of nitrogens with zero attached hydrogens (tertiary/aromatic N) is 1. The monoisotopic (exact) mass is 296 g/mol. The number of amides is 1. The van der Waals surface area contributed by atoms with Gasteiger partial charge >= 0.3 is 0 Å². The van der Waals surface area contributed by atoms with Crippen LogP contribution in [0.5, 0.6) is 11.5 Å². The second-order valence-corrected chi connectivity index (χ2v) is 5.56. The zero-order valence-corrected chi connectivity index (χ0v) is 12.5.